The maximum atomic E-state index is 12.5. The Labute approximate surface area is 142 Å². The molecule has 0 spiro atoms. The summed E-state index contributed by atoms with van der Waals surface area (Å²) in [7, 11) is -0.412. The van der Waals surface area contributed by atoms with Crippen LogP contribution in [0.5, 0.6) is 11.5 Å². The molecule has 1 unspecified atom stereocenters. The Balaban J connectivity index is 2.21. The smallest absolute Gasteiger partial charge is 0.233 e. The van der Waals surface area contributed by atoms with Crippen molar-refractivity contribution >= 4 is 21.8 Å². The van der Waals surface area contributed by atoms with Crippen LogP contribution in [0.25, 0.3) is 6.08 Å². The lowest BCUT2D eigenvalue weighted by molar-refractivity contribution is 0.355. The van der Waals surface area contributed by atoms with E-state index in [-0.39, 0.29) is 0 Å². The molecule has 0 N–H and O–H groups in total. The minimum Gasteiger partial charge on any atom is -0.493 e. The van der Waals surface area contributed by atoms with E-state index in [1.807, 2.05) is 42.5 Å². The quantitative estimate of drug-likeness (QED) is 0.854. The summed E-state index contributed by atoms with van der Waals surface area (Å²) in [5, 5.41) is 0. The molecule has 126 valence electrons. The Hall–Kier alpha value is -2.47. The molecule has 2 aromatic carbocycles. The van der Waals surface area contributed by atoms with Crippen LogP contribution >= 0.6 is 0 Å². The maximum absolute atomic E-state index is 12.5. The van der Waals surface area contributed by atoms with Crippen LogP contribution in [0.2, 0.25) is 0 Å². The number of anilines is 1. The van der Waals surface area contributed by atoms with E-state index in [4.69, 9.17) is 9.47 Å². The number of hydrogen-bond acceptors (Lipinski definition) is 4. The fraction of sp³-hybridized carbons (Fsp3) is 0.222. The molecule has 0 aliphatic carbocycles. The lowest BCUT2D eigenvalue weighted by Crippen LogP contribution is -2.35. The van der Waals surface area contributed by atoms with Crippen LogP contribution in [0.1, 0.15) is 17.2 Å². The minimum atomic E-state index is -3.50. The van der Waals surface area contributed by atoms with E-state index in [1.54, 1.807) is 19.2 Å². The second kappa shape index (κ2) is 6.20. The van der Waals surface area contributed by atoms with Crippen LogP contribution in [-0.2, 0) is 10.0 Å². The summed E-state index contributed by atoms with van der Waals surface area (Å²) in [6.07, 6.45) is 5.00. The normalized spacial score (nSPS) is 16.6. The van der Waals surface area contributed by atoms with Gasteiger partial charge in [0.25, 0.3) is 0 Å². The van der Waals surface area contributed by atoms with Crippen LogP contribution in [0.15, 0.2) is 48.5 Å². The maximum Gasteiger partial charge on any atom is 0.233 e. The van der Waals surface area contributed by atoms with Gasteiger partial charge in [-0.1, -0.05) is 42.5 Å². The molecule has 0 radical (unpaired) electrons. The highest BCUT2D eigenvalue weighted by Crippen LogP contribution is 2.43. The van der Waals surface area contributed by atoms with Crippen molar-refractivity contribution in [2.24, 2.45) is 0 Å². The number of sulfonamides is 1. The van der Waals surface area contributed by atoms with Gasteiger partial charge in [0.2, 0.25) is 10.0 Å². The molecule has 1 aliphatic rings. The largest absolute Gasteiger partial charge is 0.493 e. The summed E-state index contributed by atoms with van der Waals surface area (Å²) in [4.78, 5) is 0. The summed E-state index contributed by atoms with van der Waals surface area (Å²) in [5.74, 6) is 1.06. The average Bonchev–Trinajstić information content (AvgIpc) is 2.59. The molecule has 24 heavy (non-hydrogen) atoms. The zero-order chi connectivity index (χ0) is 17.3. The number of methoxy groups -OCH3 is 2. The predicted molar refractivity (Wildman–Crippen MR) is 95.1 cm³/mol. The summed E-state index contributed by atoms with van der Waals surface area (Å²) >= 11 is 0. The Morgan fingerprint density at radius 2 is 1.62 bits per heavy atom. The molecule has 3 rings (SSSR count). The molecule has 5 nitrogen and oxygen atoms in total. The van der Waals surface area contributed by atoms with Crippen molar-refractivity contribution in [2.75, 3.05) is 24.8 Å². The number of fused-ring (bicyclic) bond motifs is 1. The lowest BCUT2D eigenvalue weighted by atomic mass is 9.99. The van der Waals surface area contributed by atoms with Crippen LogP contribution in [-0.4, -0.2) is 28.9 Å². The highest BCUT2D eigenvalue weighted by Gasteiger charge is 2.31. The standard InChI is InChI=1S/C18H19NO4S/c1-22-17-11-14-9-10-15(13-7-5-4-6-8-13)19(24(3,20)21)16(14)12-18(17)23-2/h4-12,15H,1-3H3. The van der Waals surface area contributed by atoms with Gasteiger partial charge in [0, 0.05) is 11.6 Å². The second-order valence-corrected chi connectivity index (χ2v) is 7.40. The molecule has 1 atom stereocenters. The van der Waals surface area contributed by atoms with Crippen LogP contribution in [0, 0.1) is 0 Å². The first-order valence-electron chi connectivity index (χ1n) is 7.44. The first-order chi connectivity index (χ1) is 11.5. The fourth-order valence-corrected chi connectivity index (χ4v) is 4.03. The molecule has 6 heteroatoms. The molecule has 0 bridgehead atoms. The molecule has 1 aliphatic heterocycles. The number of ether oxygens (including phenoxy) is 2. The van der Waals surface area contributed by atoms with Crippen LogP contribution < -0.4 is 13.8 Å². The van der Waals surface area contributed by atoms with E-state index in [0.29, 0.717) is 17.2 Å². The van der Waals surface area contributed by atoms with Gasteiger partial charge in [0.15, 0.2) is 11.5 Å². The van der Waals surface area contributed by atoms with E-state index in [0.717, 1.165) is 11.1 Å². The SMILES string of the molecule is COc1cc2c(cc1OC)N(S(C)(=O)=O)C(c1ccccc1)C=C2. The zero-order valence-corrected chi connectivity index (χ0v) is 14.6. The minimum absolute atomic E-state index is 0.396. The molecule has 0 fully saturated rings. The summed E-state index contributed by atoms with van der Waals surface area (Å²) in [6.45, 7) is 0. The number of nitrogens with zero attached hydrogens (tertiary/aromatic N) is 1. The fourth-order valence-electron chi connectivity index (χ4n) is 2.91. The van der Waals surface area contributed by atoms with E-state index < -0.39 is 16.1 Å². The topological polar surface area (TPSA) is 55.8 Å². The van der Waals surface area contributed by atoms with Gasteiger partial charge in [0.1, 0.15) is 0 Å². The molecule has 1 heterocycles. The molecular weight excluding hydrogens is 326 g/mol. The van der Waals surface area contributed by atoms with Crippen molar-refractivity contribution in [1.82, 2.24) is 0 Å². The van der Waals surface area contributed by atoms with Gasteiger partial charge in [-0.2, -0.15) is 0 Å². The van der Waals surface area contributed by atoms with Crippen LogP contribution in [0.4, 0.5) is 5.69 Å². The second-order valence-electron chi connectivity index (χ2n) is 5.54. The van der Waals surface area contributed by atoms with Gasteiger partial charge >= 0.3 is 0 Å². The lowest BCUT2D eigenvalue weighted by Gasteiger charge is -2.34. The van der Waals surface area contributed by atoms with Crippen molar-refractivity contribution in [2.45, 2.75) is 6.04 Å². The van der Waals surface area contributed by atoms with Crippen molar-refractivity contribution in [3.05, 3.63) is 59.7 Å². The third-order valence-corrected chi connectivity index (χ3v) is 5.12. The Morgan fingerprint density at radius 1 is 1.00 bits per heavy atom. The first kappa shape index (κ1) is 16.4. The van der Waals surface area contributed by atoms with Gasteiger partial charge < -0.3 is 9.47 Å². The number of hydrogen-bond donors (Lipinski definition) is 0. The third kappa shape index (κ3) is 2.85. The van der Waals surface area contributed by atoms with Gasteiger partial charge in [-0.05, 0) is 11.6 Å². The third-order valence-electron chi connectivity index (χ3n) is 3.98. The first-order valence-corrected chi connectivity index (χ1v) is 9.29. The Bertz CT molecular complexity index is 875. The zero-order valence-electron chi connectivity index (χ0n) is 13.8. The molecule has 2 aromatic rings. The van der Waals surface area contributed by atoms with Gasteiger partial charge in [-0.25, -0.2) is 8.42 Å². The summed E-state index contributed by atoms with van der Waals surface area (Å²) in [6, 6.07) is 12.6. The predicted octanol–water partition coefficient (Wildman–Crippen LogP) is 3.24. The van der Waals surface area contributed by atoms with Crippen LogP contribution in [0.3, 0.4) is 0 Å². The molecular formula is C18H19NO4S. The van der Waals surface area contributed by atoms with Gasteiger partial charge in [-0.3, -0.25) is 4.31 Å². The van der Waals surface area contributed by atoms with E-state index >= 15 is 0 Å². The van der Waals surface area contributed by atoms with Crippen molar-refractivity contribution in [1.29, 1.82) is 0 Å². The molecule has 0 saturated heterocycles. The highest BCUT2D eigenvalue weighted by molar-refractivity contribution is 7.92. The van der Waals surface area contributed by atoms with Crippen molar-refractivity contribution in [3.63, 3.8) is 0 Å². The van der Waals surface area contributed by atoms with Gasteiger partial charge in [0.05, 0.1) is 32.2 Å². The van der Waals surface area contributed by atoms with Crippen molar-refractivity contribution < 1.29 is 17.9 Å². The Morgan fingerprint density at radius 3 is 2.21 bits per heavy atom. The van der Waals surface area contributed by atoms with Crippen molar-refractivity contribution in [3.8, 4) is 11.5 Å². The van der Waals surface area contributed by atoms with E-state index in [2.05, 4.69) is 0 Å². The average molecular weight is 345 g/mol. The molecule has 0 aromatic heterocycles. The molecule has 0 saturated carbocycles. The summed E-state index contributed by atoms with van der Waals surface area (Å²) < 4.78 is 37.1. The van der Waals surface area contributed by atoms with E-state index in [9.17, 15) is 8.42 Å². The Kier molecular flexibility index (Phi) is 4.24. The number of rotatable bonds is 4. The monoisotopic (exact) mass is 345 g/mol. The summed E-state index contributed by atoms with van der Waals surface area (Å²) in [5.41, 5.74) is 2.25. The number of benzene rings is 2. The highest BCUT2D eigenvalue weighted by atomic mass is 32.2. The molecule has 0 amide bonds. The van der Waals surface area contributed by atoms with Gasteiger partial charge in [-0.15, -0.1) is 0 Å². The van der Waals surface area contributed by atoms with E-state index in [1.165, 1.54) is 17.7 Å².